The Kier molecular flexibility index (Phi) is 16.1. The first kappa shape index (κ1) is 46.0. The quantitative estimate of drug-likeness (QED) is 0.0911. The summed E-state index contributed by atoms with van der Waals surface area (Å²) >= 11 is 29.9. The Morgan fingerprint density at radius 2 is 1.15 bits per heavy atom. The third-order valence-electron chi connectivity index (χ3n) is 8.45. The molecule has 18 heteroatoms. The summed E-state index contributed by atoms with van der Waals surface area (Å²) in [6.07, 6.45) is 2.66. The second kappa shape index (κ2) is 21.0. The van der Waals surface area contributed by atoms with E-state index in [0.717, 1.165) is 34.0 Å². The van der Waals surface area contributed by atoms with Crippen LogP contribution in [0.3, 0.4) is 0 Å². The Balaban J connectivity index is 0.000000228. The summed E-state index contributed by atoms with van der Waals surface area (Å²) in [5.74, 6) is 2.28. The van der Waals surface area contributed by atoms with Crippen molar-refractivity contribution >= 4 is 81.5 Å². The summed E-state index contributed by atoms with van der Waals surface area (Å²) in [5, 5.41) is 15.9. The van der Waals surface area contributed by atoms with Crippen molar-refractivity contribution in [2.45, 2.75) is 54.6 Å². The molecule has 60 heavy (non-hydrogen) atoms. The number of ether oxygens (including phenoxy) is 2. The van der Waals surface area contributed by atoms with Crippen molar-refractivity contribution in [3.05, 3.63) is 142 Å². The number of H-pyrrole nitrogens is 1. The van der Waals surface area contributed by atoms with Crippen LogP contribution in [0.25, 0.3) is 0 Å². The monoisotopic (exact) mass is 914 g/mol. The van der Waals surface area contributed by atoms with Gasteiger partial charge >= 0.3 is 0 Å². The molecule has 316 valence electrons. The van der Waals surface area contributed by atoms with Gasteiger partial charge in [-0.05, 0) is 74.2 Å². The smallest absolute Gasteiger partial charge is 0.266 e. The molecule has 0 saturated carbocycles. The summed E-state index contributed by atoms with van der Waals surface area (Å²) in [7, 11) is 0. The molecule has 0 fully saturated rings. The largest absolute Gasteiger partial charge is 0.493 e. The molecule has 6 rings (SSSR count). The third-order valence-corrected chi connectivity index (χ3v) is 9.89. The Bertz CT molecular complexity index is 2530. The van der Waals surface area contributed by atoms with Gasteiger partial charge in [0.05, 0.1) is 42.5 Å². The minimum atomic E-state index is -0.453. The minimum Gasteiger partial charge on any atom is -0.493 e. The van der Waals surface area contributed by atoms with Crippen LogP contribution < -0.4 is 25.7 Å². The number of nitrogens with zero attached hydrogens (tertiary/aromatic N) is 5. The standard InChI is InChI=1S/C21H21Cl3N4O2.C21H22Cl2N4O3/c1-12(2)11-30-18-5-4-16(22)7-15(18)10-28-13(3)6-19(27-28)26-21(29)14-8-17(23)20(24)25-9-14;1-12(2)11-30-18-5-4-16(22)7-15(18)10-27-13(3)6-19(26-27)25-20(28)14-8-17(23)21(29)24-9-14/h4-9,12H,10-11H2,1-3H3,(H,26,27,29);4-9,12H,10-11H2,1-3H3,(H,24,29)(H,25,26,28). The van der Waals surface area contributed by atoms with Crippen LogP contribution in [-0.4, -0.2) is 54.6 Å². The number of anilines is 2. The van der Waals surface area contributed by atoms with E-state index in [4.69, 9.17) is 67.5 Å². The highest BCUT2D eigenvalue weighted by Crippen LogP contribution is 2.27. The Hall–Kier alpha value is -5.05. The highest BCUT2D eigenvalue weighted by atomic mass is 35.5. The van der Waals surface area contributed by atoms with Crippen LogP contribution in [0.1, 0.15) is 70.9 Å². The van der Waals surface area contributed by atoms with Crippen molar-refractivity contribution < 1.29 is 19.1 Å². The van der Waals surface area contributed by atoms with Crippen LogP contribution in [-0.2, 0) is 13.1 Å². The number of carbonyl (C=O) groups excluding carboxylic acids is 2. The van der Waals surface area contributed by atoms with Gasteiger partial charge in [-0.3, -0.25) is 23.7 Å². The van der Waals surface area contributed by atoms with Crippen LogP contribution in [0.5, 0.6) is 11.5 Å². The van der Waals surface area contributed by atoms with Crippen molar-refractivity contribution in [1.82, 2.24) is 29.5 Å². The summed E-state index contributed by atoms with van der Waals surface area (Å²) < 4.78 is 15.3. The van der Waals surface area contributed by atoms with Gasteiger partial charge < -0.3 is 25.1 Å². The number of halogens is 5. The molecular weight excluding hydrogens is 874 g/mol. The number of carbonyl (C=O) groups is 2. The van der Waals surface area contributed by atoms with E-state index in [-0.39, 0.29) is 32.2 Å². The Morgan fingerprint density at radius 3 is 1.60 bits per heavy atom. The number of rotatable bonds is 14. The van der Waals surface area contributed by atoms with Gasteiger partial charge in [-0.2, -0.15) is 10.2 Å². The van der Waals surface area contributed by atoms with Crippen molar-refractivity contribution in [3.8, 4) is 11.5 Å². The van der Waals surface area contributed by atoms with Crippen LogP contribution in [0.4, 0.5) is 11.6 Å². The predicted octanol–water partition coefficient (Wildman–Crippen LogP) is 10.4. The second-order valence-corrected chi connectivity index (χ2v) is 16.6. The van der Waals surface area contributed by atoms with Gasteiger partial charge in [-0.25, -0.2) is 4.98 Å². The molecule has 0 unspecified atom stereocenters. The molecule has 6 aromatic rings. The molecule has 0 aliphatic heterocycles. The summed E-state index contributed by atoms with van der Waals surface area (Å²) in [6, 6.07) is 17.3. The molecular formula is C42H43Cl5N8O5. The topological polar surface area (TPSA) is 158 Å². The van der Waals surface area contributed by atoms with Gasteiger partial charge in [0.2, 0.25) is 0 Å². The lowest BCUT2D eigenvalue weighted by atomic mass is 10.2. The Morgan fingerprint density at radius 1 is 0.683 bits per heavy atom. The fourth-order valence-electron chi connectivity index (χ4n) is 5.43. The first-order valence-corrected chi connectivity index (χ1v) is 20.6. The van der Waals surface area contributed by atoms with Crippen LogP contribution in [0.2, 0.25) is 25.2 Å². The van der Waals surface area contributed by atoms with E-state index in [9.17, 15) is 14.4 Å². The van der Waals surface area contributed by atoms with E-state index >= 15 is 0 Å². The van der Waals surface area contributed by atoms with E-state index in [2.05, 4.69) is 58.5 Å². The molecule has 0 atom stereocenters. The van der Waals surface area contributed by atoms with Crippen LogP contribution in [0, 0.1) is 25.7 Å². The van der Waals surface area contributed by atoms with E-state index in [1.54, 1.807) is 33.6 Å². The average Bonchev–Trinajstić information content (AvgIpc) is 3.71. The van der Waals surface area contributed by atoms with Crippen LogP contribution >= 0.6 is 58.0 Å². The Labute approximate surface area is 372 Å². The lowest BCUT2D eigenvalue weighted by Crippen LogP contribution is -2.16. The number of aromatic nitrogens is 6. The normalized spacial score (nSPS) is 11.0. The molecule has 0 bridgehead atoms. The van der Waals surface area contributed by atoms with Gasteiger partial charge in [0.1, 0.15) is 21.7 Å². The molecule has 13 nitrogen and oxygen atoms in total. The van der Waals surface area contributed by atoms with Crippen molar-refractivity contribution in [2.75, 3.05) is 23.8 Å². The zero-order valence-corrected chi connectivity index (χ0v) is 37.4. The summed E-state index contributed by atoms with van der Waals surface area (Å²) in [4.78, 5) is 42.5. The molecule has 0 spiro atoms. The summed E-state index contributed by atoms with van der Waals surface area (Å²) in [5.41, 5.74) is 3.57. The molecule has 2 aromatic carbocycles. The number of amides is 2. The van der Waals surface area contributed by atoms with Gasteiger partial charge in [-0.1, -0.05) is 85.7 Å². The third kappa shape index (κ3) is 13.0. The number of pyridine rings is 2. The number of aryl methyl sites for hydroxylation is 2. The maximum absolute atomic E-state index is 12.5. The zero-order valence-electron chi connectivity index (χ0n) is 33.6. The van der Waals surface area contributed by atoms with Crippen molar-refractivity contribution in [1.29, 1.82) is 0 Å². The molecule has 0 aliphatic rings. The van der Waals surface area contributed by atoms with E-state index in [1.165, 1.54) is 24.5 Å². The lowest BCUT2D eigenvalue weighted by molar-refractivity contribution is 0.101. The average molecular weight is 917 g/mol. The van der Waals surface area contributed by atoms with Crippen molar-refractivity contribution in [2.24, 2.45) is 11.8 Å². The number of benzene rings is 2. The van der Waals surface area contributed by atoms with E-state index in [1.807, 2.05) is 38.1 Å². The van der Waals surface area contributed by atoms with Crippen LogP contribution in [0.15, 0.2) is 77.9 Å². The SMILES string of the molecule is Cc1cc(NC(=O)c2c[nH]c(=O)c(Cl)c2)nn1Cc1cc(Cl)ccc1OCC(C)C.Cc1cc(NC(=O)c2cnc(Cl)c(Cl)c2)nn1Cc1cc(Cl)ccc1OCC(C)C. The number of nitrogens with one attached hydrogen (secondary N) is 3. The number of aromatic amines is 1. The van der Waals surface area contributed by atoms with Gasteiger partial charge in [0.15, 0.2) is 11.6 Å². The maximum atomic E-state index is 12.5. The predicted molar refractivity (Wildman–Crippen MR) is 238 cm³/mol. The molecule has 0 aliphatic carbocycles. The van der Waals surface area contributed by atoms with E-state index < -0.39 is 11.5 Å². The zero-order chi connectivity index (χ0) is 43.7. The van der Waals surface area contributed by atoms with Crippen molar-refractivity contribution in [3.63, 3.8) is 0 Å². The molecule has 2 amide bonds. The highest BCUT2D eigenvalue weighted by Gasteiger charge is 2.16. The number of hydrogen-bond acceptors (Lipinski definition) is 8. The fourth-order valence-corrected chi connectivity index (χ4v) is 6.26. The molecule has 3 N–H and O–H groups in total. The highest BCUT2D eigenvalue weighted by molar-refractivity contribution is 6.41. The van der Waals surface area contributed by atoms with Gasteiger partial charge in [-0.15, -0.1) is 0 Å². The first-order chi connectivity index (χ1) is 28.4. The molecule has 0 radical (unpaired) electrons. The van der Waals surface area contributed by atoms with E-state index in [0.29, 0.717) is 59.8 Å². The van der Waals surface area contributed by atoms with Gasteiger partial charge in [0, 0.05) is 57.1 Å². The fraction of sp³-hybridized carbons (Fsp3) is 0.286. The molecule has 4 heterocycles. The maximum Gasteiger partial charge on any atom is 0.266 e. The second-order valence-electron chi connectivity index (χ2n) is 14.5. The molecule has 0 saturated heterocycles. The lowest BCUT2D eigenvalue weighted by Gasteiger charge is -2.14. The summed E-state index contributed by atoms with van der Waals surface area (Å²) in [6.45, 7) is 14.2. The van der Waals surface area contributed by atoms with Gasteiger partial charge in [0.25, 0.3) is 17.4 Å². The number of hydrogen-bond donors (Lipinski definition) is 3. The first-order valence-electron chi connectivity index (χ1n) is 18.7. The molecule has 4 aromatic heterocycles. The minimum absolute atomic E-state index is 0.0563.